The normalized spacial score (nSPS) is 19.9. The van der Waals surface area contributed by atoms with E-state index in [1.165, 1.54) is 5.57 Å². The van der Waals surface area contributed by atoms with Crippen LogP contribution in [0.25, 0.3) is 11.4 Å². The van der Waals surface area contributed by atoms with Crippen molar-refractivity contribution in [3.63, 3.8) is 0 Å². The molecule has 2 atom stereocenters. The first-order valence-electron chi connectivity index (χ1n) is 12.1. The van der Waals surface area contributed by atoms with Crippen molar-refractivity contribution < 1.29 is 9.84 Å². The highest BCUT2D eigenvalue weighted by atomic mass is 35.5. The second-order valence-corrected chi connectivity index (χ2v) is 9.61. The van der Waals surface area contributed by atoms with Gasteiger partial charge in [0.2, 0.25) is 0 Å². The lowest BCUT2D eigenvalue weighted by atomic mass is 9.90. The fourth-order valence-corrected chi connectivity index (χ4v) is 5.06. The number of anilines is 1. The lowest BCUT2D eigenvalue weighted by Crippen LogP contribution is -2.43. The maximum atomic E-state index is 10.9. The first kappa shape index (κ1) is 23.9. The number of rotatable bonds is 6. The number of aryl methyl sites for hydroxylation is 1. The van der Waals surface area contributed by atoms with Gasteiger partial charge in [-0.3, -0.25) is 9.88 Å². The van der Waals surface area contributed by atoms with E-state index in [1.54, 1.807) is 35.4 Å². The molecule has 1 fully saturated rings. The van der Waals surface area contributed by atoms with Crippen molar-refractivity contribution in [3.8, 4) is 5.82 Å². The maximum absolute atomic E-state index is 10.9. The molecule has 35 heavy (non-hydrogen) atoms. The molecule has 3 aromatic rings. The Morgan fingerprint density at radius 3 is 2.66 bits per heavy atom. The minimum Gasteiger partial charge on any atom is -0.379 e. The Labute approximate surface area is 210 Å². The largest absolute Gasteiger partial charge is 0.379 e. The summed E-state index contributed by atoms with van der Waals surface area (Å²) < 4.78 is 7.18. The molecule has 5 rings (SSSR count). The smallest absolute Gasteiger partial charge is 0.154 e. The van der Waals surface area contributed by atoms with Crippen molar-refractivity contribution >= 4 is 22.9 Å². The molecule has 1 aliphatic heterocycles. The van der Waals surface area contributed by atoms with Gasteiger partial charge in [0.05, 0.1) is 47.7 Å². The second-order valence-electron chi connectivity index (χ2n) is 9.17. The summed E-state index contributed by atoms with van der Waals surface area (Å²) in [5.74, 6) is 0.642. The monoisotopic (exact) mass is 494 g/mol. The van der Waals surface area contributed by atoms with Gasteiger partial charge in [-0.25, -0.2) is 9.67 Å². The van der Waals surface area contributed by atoms with E-state index in [1.807, 2.05) is 13.0 Å². The zero-order chi connectivity index (χ0) is 24.4. The number of morpholine rings is 1. The van der Waals surface area contributed by atoms with E-state index in [-0.39, 0.29) is 0 Å². The quantitative estimate of drug-likeness (QED) is 0.494. The van der Waals surface area contributed by atoms with Crippen LogP contribution in [0.3, 0.4) is 0 Å². The summed E-state index contributed by atoms with van der Waals surface area (Å²) in [7, 11) is 0. The molecule has 8 nitrogen and oxygen atoms in total. The third-order valence-electron chi connectivity index (χ3n) is 6.90. The number of allylic oxidation sites excluding steroid dienone is 1. The van der Waals surface area contributed by atoms with Crippen molar-refractivity contribution in [3.05, 3.63) is 70.4 Å². The number of pyridine rings is 2. The number of aromatic nitrogens is 4. The summed E-state index contributed by atoms with van der Waals surface area (Å²) in [5.41, 5.74) is 5.68. The van der Waals surface area contributed by atoms with Crippen LogP contribution in [0.1, 0.15) is 48.0 Å². The molecule has 0 saturated carbocycles. The average Bonchev–Trinajstić information content (AvgIpc) is 3.27. The maximum Gasteiger partial charge on any atom is 0.154 e. The van der Waals surface area contributed by atoms with Crippen molar-refractivity contribution in [2.75, 3.05) is 31.6 Å². The Morgan fingerprint density at radius 1 is 1.14 bits per heavy atom. The molecule has 184 valence electrons. The Hall–Kier alpha value is -2.78. The summed E-state index contributed by atoms with van der Waals surface area (Å²) >= 11 is 5.94. The average molecular weight is 495 g/mol. The number of nitrogens with zero attached hydrogens (tertiary/aromatic N) is 5. The van der Waals surface area contributed by atoms with Crippen molar-refractivity contribution in [1.29, 1.82) is 0 Å². The van der Waals surface area contributed by atoms with E-state index in [0.29, 0.717) is 22.4 Å². The molecule has 0 aromatic carbocycles. The Balaban J connectivity index is 1.25. The van der Waals surface area contributed by atoms with E-state index in [2.05, 4.69) is 33.3 Å². The lowest BCUT2D eigenvalue weighted by Gasteiger charge is -2.36. The standard InChI is InChI=1S/C26H31ClN6O2/c1-17-13-21(15-29-25(17)19-3-6-22(7-4-19)32-9-11-35-12-10-32)31-26(34)23-16-30-33(18(23)2)24-8-5-20(27)14-28-24/h3,5,8,13-16,22,26,31,34H,4,6-7,9-12H2,1-2H3. The topological polar surface area (TPSA) is 88.3 Å². The van der Waals surface area contributed by atoms with Gasteiger partial charge in [0.25, 0.3) is 0 Å². The Morgan fingerprint density at radius 2 is 1.97 bits per heavy atom. The molecule has 9 heteroatoms. The van der Waals surface area contributed by atoms with Crippen LogP contribution < -0.4 is 5.32 Å². The van der Waals surface area contributed by atoms with Crippen LogP contribution in [0.5, 0.6) is 0 Å². The van der Waals surface area contributed by atoms with E-state index < -0.39 is 6.23 Å². The fourth-order valence-electron chi connectivity index (χ4n) is 4.95. The van der Waals surface area contributed by atoms with E-state index in [9.17, 15) is 5.11 Å². The summed E-state index contributed by atoms with van der Waals surface area (Å²) in [6.07, 6.45) is 9.68. The van der Waals surface area contributed by atoms with E-state index >= 15 is 0 Å². The molecule has 3 aromatic heterocycles. The van der Waals surface area contributed by atoms with Crippen LogP contribution in [-0.2, 0) is 4.74 Å². The molecule has 0 spiro atoms. The number of ether oxygens (including phenoxy) is 1. The van der Waals surface area contributed by atoms with Crippen molar-refractivity contribution in [1.82, 2.24) is 24.6 Å². The molecule has 0 amide bonds. The molecule has 1 saturated heterocycles. The molecule has 2 N–H and O–H groups in total. The van der Waals surface area contributed by atoms with Gasteiger partial charge in [-0.2, -0.15) is 5.10 Å². The van der Waals surface area contributed by atoms with Crippen LogP contribution >= 0.6 is 11.6 Å². The minimum atomic E-state index is -0.925. The number of nitrogens with one attached hydrogen (secondary N) is 1. The predicted octanol–water partition coefficient (Wildman–Crippen LogP) is 4.30. The third-order valence-corrected chi connectivity index (χ3v) is 7.13. The zero-order valence-electron chi connectivity index (χ0n) is 20.1. The van der Waals surface area contributed by atoms with Crippen LogP contribution in [0.4, 0.5) is 5.69 Å². The summed E-state index contributed by atoms with van der Waals surface area (Å²) in [5, 5.41) is 19.0. The molecular formula is C26H31ClN6O2. The fraction of sp³-hybridized carbons (Fsp3) is 0.423. The zero-order valence-corrected chi connectivity index (χ0v) is 20.9. The molecule has 4 heterocycles. The molecule has 0 radical (unpaired) electrons. The molecular weight excluding hydrogens is 464 g/mol. The molecule has 2 unspecified atom stereocenters. The van der Waals surface area contributed by atoms with E-state index in [4.69, 9.17) is 21.3 Å². The highest BCUT2D eigenvalue weighted by Crippen LogP contribution is 2.31. The summed E-state index contributed by atoms with van der Waals surface area (Å²) in [4.78, 5) is 11.6. The second kappa shape index (κ2) is 10.5. The van der Waals surface area contributed by atoms with Gasteiger partial charge >= 0.3 is 0 Å². The Bertz CT molecular complexity index is 1200. The van der Waals surface area contributed by atoms with Crippen LogP contribution in [0.2, 0.25) is 5.02 Å². The number of hydrogen-bond acceptors (Lipinski definition) is 7. The van der Waals surface area contributed by atoms with Gasteiger partial charge in [-0.15, -0.1) is 0 Å². The number of halogens is 1. The van der Waals surface area contributed by atoms with Gasteiger partial charge in [-0.1, -0.05) is 17.7 Å². The van der Waals surface area contributed by atoms with Crippen molar-refractivity contribution in [2.24, 2.45) is 0 Å². The number of aliphatic hydroxyl groups is 1. The summed E-state index contributed by atoms with van der Waals surface area (Å²) in [6.45, 7) is 7.71. The first-order chi connectivity index (χ1) is 17.0. The first-order valence-corrected chi connectivity index (χ1v) is 12.5. The number of hydrogen-bond donors (Lipinski definition) is 2. The highest BCUT2D eigenvalue weighted by Gasteiger charge is 2.24. The van der Waals surface area contributed by atoms with Gasteiger partial charge in [-0.05, 0) is 62.4 Å². The van der Waals surface area contributed by atoms with E-state index in [0.717, 1.165) is 68.2 Å². The van der Waals surface area contributed by atoms with Crippen molar-refractivity contribution in [2.45, 2.75) is 45.4 Å². The minimum absolute atomic E-state index is 0.563. The summed E-state index contributed by atoms with van der Waals surface area (Å²) in [6, 6.07) is 6.20. The third kappa shape index (κ3) is 5.26. The molecule has 1 aliphatic carbocycles. The SMILES string of the molecule is Cc1cc(NC(O)c2cnn(-c3ccc(Cl)cn3)c2C)cnc1C1=CCC(N2CCOCC2)CC1. The molecule has 0 bridgehead atoms. The van der Waals surface area contributed by atoms with Gasteiger partial charge < -0.3 is 15.2 Å². The number of aliphatic hydroxyl groups excluding tert-OH is 1. The Kier molecular flexibility index (Phi) is 7.15. The predicted molar refractivity (Wildman–Crippen MR) is 137 cm³/mol. The molecule has 2 aliphatic rings. The van der Waals surface area contributed by atoms with Crippen LogP contribution in [-0.4, -0.2) is 62.1 Å². The van der Waals surface area contributed by atoms with Gasteiger partial charge in [0.15, 0.2) is 12.0 Å². The van der Waals surface area contributed by atoms with Crippen LogP contribution in [0.15, 0.2) is 42.9 Å². The van der Waals surface area contributed by atoms with Gasteiger partial charge in [0.1, 0.15) is 0 Å². The van der Waals surface area contributed by atoms with Gasteiger partial charge in [0, 0.05) is 30.9 Å². The highest BCUT2D eigenvalue weighted by molar-refractivity contribution is 6.30. The lowest BCUT2D eigenvalue weighted by molar-refractivity contribution is 0.0150. The van der Waals surface area contributed by atoms with Crippen LogP contribution in [0, 0.1) is 13.8 Å².